The standard InChI is InChI=1S/C17H29N3O7/c1-13(21)8-18(4-6-19(9-14(2)22)11-16(24)25)5-7-20(10-15(3)23)12-17(26)27/h4-12H2,1-3H3,(H,24,25)(H,26,27). The van der Waals surface area contributed by atoms with E-state index >= 15 is 0 Å². The van der Waals surface area contributed by atoms with Gasteiger partial charge in [-0.05, 0) is 20.8 Å². The Bertz CT molecular complexity index is 479. The molecule has 0 unspecified atom stereocenters. The molecule has 0 spiro atoms. The minimum absolute atomic E-state index is 0.00428. The molecule has 0 saturated carbocycles. The number of ketones is 3. The molecular formula is C17H29N3O7. The van der Waals surface area contributed by atoms with Crippen LogP contribution in [0.1, 0.15) is 20.8 Å². The van der Waals surface area contributed by atoms with Gasteiger partial charge < -0.3 is 10.2 Å². The number of nitrogens with zero attached hydrogens (tertiary/aromatic N) is 3. The number of carboxylic acids is 2. The van der Waals surface area contributed by atoms with E-state index in [9.17, 15) is 24.0 Å². The Morgan fingerprint density at radius 2 is 0.778 bits per heavy atom. The van der Waals surface area contributed by atoms with E-state index in [0.29, 0.717) is 13.1 Å². The molecule has 0 amide bonds. The van der Waals surface area contributed by atoms with Gasteiger partial charge in [-0.15, -0.1) is 0 Å². The fourth-order valence-electron chi connectivity index (χ4n) is 2.59. The fraction of sp³-hybridized carbons (Fsp3) is 0.706. The summed E-state index contributed by atoms with van der Waals surface area (Å²) in [5.41, 5.74) is 0. The number of aliphatic carboxylic acids is 2. The van der Waals surface area contributed by atoms with Crippen molar-refractivity contribution in [1.29, 1.82) is 0 Å². The quantitative estimate of drug-likeness (QED) is 0.333. The Morgan fingerprint density at radius 3 is 1.04 bits per heavy atom. The Labute approximate surface area is 158 Å². The highest BCUT2D eigenvalue weighted by molar-refractivity contribution is 5.79. The number of Topliss-reactive ketones (excluding diaryl/α,β-unsaturated/α-hetero) is 3. The summed E-state index contributed by atoms with van der Waals surface area (Å²) in [5, 5.41) is 17.9. The van der Waals surface area contributed by atoms with E-state index in [-0.39, 0.29) is 63.2 Å². The normalized spacial score (nSPS) is 11.2. The van der Waals surface area contributed by atoms with Crippen LogP contribution in [0.15, 0.2) is 0 Å². The zero-order valence-corrected chi connectivity index (χ0v) is 16.1. The van der Waals surface area contributed by atoms with Gasteiger partial charge in [0.2, 0.25) is 0 Å². The molecular weight excluding hydrogens is 358 g/mol. The molecule has 2 N–H and O–H groups in total. The molecule has 0 heterocycles. The Hall–Kier alpha value is -2.17. The van der Waals surface area contributed by atoms with Gasteiger partial charge in [-0.1, -0.05) is 0 Å². The molecule has 0 atom stereocenters. The first kappa shape index (κ1) is 24.8. The van der Waals surface area contributed by atoms with Gasteiger partial charge >= 0.3 is 11.9 Å². The summed E-state index contributed by atoms with van der Waals surface area (Å²) in [6.45, 7) is 4.89. The van der Waals surface area contributed by atoms with E-state index in [1.165, 1.54) is 30.6 Å². The number of rotatable bonds is 16. The number of carboxylic acid groups (broad SMARTS) is 2. The van der Waals surface area contributed by atoms with Crippen molar-refractivity contribution in [1.82, 2.24) is 14.7 Å². The second-order valence-corrected chi connectivity index (χ2v) is 6.59. The highest BCUT2D eigenvalue weighted by Gasteiger charge is 2.17. The van der Waals surface area contributed by atoms with Gasteiger partial charge in [-0.2, -0.15) is 0 Å². The van der Waals surface area contributed by atoms with Gasteiger partial charge in [0.05, 0.1) is 32.7 Å². The van der Waals surface area contributed by atoms with Crippen molar-refractivity contribution in [3.8, 4) is 0 Å². The van der Waals surface area contributed by atoms with E-state index < -0.39 is 11.9 Å². The van der Waals surface area contributed by atoms with E-state index in [1.807, 2.05) is 0 Å². The lowest BCUT2D eigenvalue weighted by Crippen LogP contribution is -2.45. The highest BCUT2D eigenvalue weighted by Crippen LogP contribution is 1.98. The van der Waals surface area contributed by atoms with Crippen LogP contribution >= 0.6 is 0 Å². The molecule has 0 aliphatic carbocycles. The third-order valence-electron chi connectivity index (χ3n) is 3.52. The third-order valence-corrected chi connectivity index (χ3v) is 3.52. The van der Waals surface area contributed by atoms with Gasteiger partial charge in [0.1, 0.15) is 17.3 Å². The molecule has 0 rings (SSSR count). The summed E-state index contributed by atoms with van der Waals surface area (Å²) in [7, 11) is 0. The molecule has 0 bridgehead atoms. The summed E-state index contributed by atoms with van der Waals surface area (Å²) < 4.78 is 0. The van der Waals surface area contributed by atoms with Crippen LogP contribution in [0.2, 0.25) is 0 Å². The molecule has 0 aromatic rings. The second-order valence-electron chi connectivity index (χ2n) is 6.59. The Morgan fingerprint density at radius 1 is 0.519 bits per heavy atom. The maximum Gasteiger partial charge on any atom is 0.317 e. The van der Waals surface area contributed by atoms with E-state index in [4.69, 9.17) is 10.2 Å². The minimum atomic E-state index is -1.05. The predicted octanol–water partition coefficient (Wildman–Crippen LogP) is -1.17. The van der Waals surface area contributed by atoms with Crippen LogP contribution < -0.4 is 0 Å². The molecule has 0 aliphatic heterocycles. The third kappa shape index (κ3) is 14.7. The van der Waals surface area contributed by atoms with Gasteiger partial charge in [0, 0.05) is 26.2 Å². The lowest BCUT2D eigenvalue weighted by atomic mass is 10.3. The van der Waals surface area contributed by atoms with Crippen molar-refractivity contribution >= 4 is 29.3 Å². The van der Waals surface area contributed by atoms with Crippen LogP contribution in [0.3, 0.4) is 0 Å². The van der Waals surface area contributed by atoms with Crippen LogP contribution in [0.25, 0.3) is 0 Å². The lowest BCUT2D eigenvalue weighted by Gasteiger charge is -2.28. The SMILES string of the molecule is CC(=O)CN(CCN(CC(C)=O)CC(=O)O)CCN(CC(C)=O)CC(=O)O. The first-order valence-electron chi connectivity index (χ1n) is 8.58. The minimum Gasteiger partial charge on any atom is -0.480 e. The average Bonchev–Trinajstić information content (AvgIpc) is 2.46. The Balaban J connectivity index is 4.85. The molecule has 10 heteroatoms. The number of hydrogen-bond donors (Lipinski definition) is 2. The molecule has 0 aromatic carbocycles. The molecule has 0 fully saturated rings. The molecule has 0 aromatic heterocycles. The number of carbonyl (C=O) groups is 5. The molecule has 154 valence electrons. The summed E-state index contributed by atoms with van der Waals surface area (Å²) in [6, 6.07) is 0. The van der Waals surface area contributed by atoms with Crippen LogP contribution in [0, 0.1) is 0 Å². The van der Waals surface area contributed by atoms with Crippen molar-refractivity contribution in [2.45, 2.75) is 20.8 Å². The van der Waals surface area contributed by atoms with Crippen molar-refractivity contribution in [3.05, 3.63) is 0 Å². The molecule has 0 aliphatic rings. The first-order chi connectivity index (χ1) is 12.5. The molecule has 10 nitrogen and oxygen atoms in total. The van der Waals surface area contributed by atoms with Gasteiger partial charge in [0.15, 0.2) is 0 Å². The van der Waals surface area contributed by atoms with Gasteiger partial charge in [-0.3, -0.25) is 38.7 Å². The van der Waals surface area contributed by atoms with E-state index in [1.54, 1.807) is 4.90 Å². The molecule has 0 saturated heterocycles. The van der Waals surface area contributed by atoms with E-state index in [2.05, 4.69) is 0 Å². The van der Waals surface area contributed by atoms with Crippen LogP contribution in [-0.2, 0) is 24.0 Å². The van der Waals surface area contributed by atoms with Crippen molar-refractivity contribution < 1.29 is 34.2 Å². The van der Waals surface area contributed by atoms with E-state index in [0.717, 1.165) is 0 Å². The first-order valence-corrected chi connectivity index (χ1v) is 8.58. The zero-order chi connectivity index (χ0) is 21.0. The van der Waals surface area contributed by atoms with Crippen LogP contribution in [-0.4, -0.2) is 113 Å². The molecule has 27 heavy (non-hydrogen) atoms. The maximum absolute atomic E-state index is 11.5. The maximum atomic E-state index is 11.5. The predicted molar refractivity (Wildman–Crippen MR) is 96.6 cm³/mol. The second kappa shape index (κ2) is 13.1. The van der Waals surface area contributed by atoms with Crippen molar-refractivity contribution in [2.75, 3.05) is 58.9 Å². The number of carbonyl (C=O) groups excluding carboxylic acids is 3. The fourth-order valence-corrected chi connectivity index (χ4v) is 2.59. The highest BCUT2D eigenvalue weighted by atomic mass is 16.4. The zero-order valence-electron chi connectivity index (χ0n) is 16.1. The van der Waals surface area contributed by atoms with Gasteiger partial charge in [0.25, 0.3) is 0 Å². The van der Waals surface area contributed by atoms with Crippen LogP contribution in [0.5, 0.6) is 0 Å². The smallest absolute Gasteiger partial charge is 0.317 e. The average molecular weight is 387 g/mol. The number of hydrogen-bond acceptors (Lipinski definition) is 8. The Kier molecular flexibility index (Phi) is 12.0. The van der Waals surface area contributed by atoms with Crippen molar-refractivity contribution in [3.63, 3.8) is 0 Å². The van der Waals surface area contributed by atoms with Gasteiger partial charge in [-0.25, -0.2) is 0 Å². The molecule has 0 radical (unpaired) electrons. The topological polar surface area (TPSA) is 136 Å². The van der Waals surface area contributed by atoms with Crippen molar-refractivity contribution in [2.24, 2.45) is 0 Å². The summed E-state index contributed by atoms with van der Waals surface area (Å²) in [6.07, 6.45) is 0. The summed E-state index contributed by atoms with van der Waals surface area (Å²) in [5.74, 6) is -2.53. The monoisotopic (exact) mass is 387 g/mol. The summed E-state index contributed by atoms with van der Waals surface area (Å²) in [4.78, 5) is 60.6. The largest absolute Gasteiger partial charge is 0.480 e. The lowest BCUT2D eigenvalue weighted by molar-refractivity contribution is -0.139. The van der Waals surface area contributed by atoms with Crippen LogP contribution in [0.4, 0.5) is 0 Å². The summed E-state index contributed by atoms with van der Waals surface area (Å²) >= 11 is 0.